The zero-order chi connectivity index (χ0) is 19.0. The highest BCUT2D eigenvalue weighted by molar-refractivity contribution is 5.95. The van der Waals surface area contributed by atoms with E-state index in [1.807, 2.05) is 6.07 Å². The van der Waals surface area contributed by atoms with Crippen molar-refractivity contribution in [3.63, 3.8) is 0 Å². The van der Waals surface area contributed by atoms with E-state index >= 15 is 0 Å². The minimum Gasteiger partial charge on any atom is -0.497 e. The molecule has 3 aromatic rings. The maximum atomic E-state index is 14.7. The third-order valence-corrected chi connectivity index (χ3v) is 5.25. The largest absolute Gasteiger partial charge is 0.497 e. The predicted molar refractivity (Wildman–Crippen MR) is 99.7 cm³/mol. The molecule has 0 amide bonds. The molecule has 0 atom stereocenters. The number of aromatic nitrogens is 2. The molecule has 1 saturated carbocycles. The highest BCUT2D eigenvalue weighted by atomic mass is 19.1. The number of carboxylic acid groups (broad SMARTS) is 1. The van der Waals surface area contributed by atoms with E-state index in [-0.39, 0.29) is 5.92 Å². The Bertz CT molecular complexity index is 1030. The Morgan fingerprint density at radius 2 is 1.96 bits per heavy atom. The summed E-state index contributed by atoms with van der Waals surface area (Å²) < 4.78 is 19.8. The van der Waals surface area contributed by atoms with Crippen molar-refractivity contribution in [1.29, 1.82) is 0 Å². The summed E-state index contributed by atoms with van der Waals surface area (Å²) in [6.07, 6.45) is 5.52. The number of rotatable bonds is 4. The van der Waals surface area contributed by atoms with Crippen molar-refractivity contribution < 1.29 is 19.0 Å². The van der Waals surface area contributed by atoms with E-state index in [4.69, 9.17) is 4.74 Å². The van der Waals surface area contributed by atoms with E-state index in [9.17, 15) is 14.3 Å². The van der Waals surface area contributed by atoms with Gasteiger partial charge in [-0.05, 0) is 36.5 Å². The van der Waals surface area contributed by atoms with Gasteiger partial charge in [0.2, 0.25) is 0 Å². The number of benzene rings is 2. The van der Waals surface area contributed by atoms with E-state index in [1.54, 1.807) is 18.2 Å². The van der Waals surface area contributed by atoms with E-state index in [1.165, 1.54) is 19.5 Å². The van der Waals surface area contributed by atoms with Crippen molar-refractivity contribution in [3.8, 4) is 17.0 Å². The number of methoxy groups -OCH3 is 1. The molecule has 6 heteroatoms. The van der Waals surface area contributed by atoms with Crippen molar-refractivity contribution in [2.45, 2.75) is 31.6 Å². The quantitative estimate of drug-likeness (QED) is 0.718. The Morgan fingerprint density at radius 1 is 1.19 bits per heavy atom. The lowest BCUT2D eigenvalue weighted by Crippen LogP contribution is -2.06. The molecule has 5 nitrogen and oxygen atoms in total. The van der Waals surface area contributed by atoms with Gasteiger partial charge < -0.3 is 9.84 Å². The van der Waals surface area contributed by atoms with Gasteiger partial charge in [-0.3, -0.25) is 0 Å². The van der Waals surface area contributed by atoms with Crippen LogP contribution < -0.4 is 4.74 Å². The molecular formula is C21H19FN2O3. The van der Waals surface area contributed by atoms with E-state index in [2.05, 4.69) is 9.97 Å². The van der Waals surface area contributed by atoms with Crippen molar-refractivity contribution in [2.24, 2.45) is 0 Å². The van der Waals surface area contributed by atoms with Crippen molar-refractivity contribution >= 4 is 16.9 Å². The molecule has 1 heterocycles. The second-order valence-corrected chi connectivity index (χ2v) is 6.81. The lowest BCUT2D eigenvalue weighted by Gasteiger charge is -2.15. The fraction of sp³-hybridized carbons (Fsp3) is 0.286. The summed E-state index contributed by atoms with van der Waals surface area (Å²) in [6, 6.07) is 8.10. The highest BCUT2D eigenvalue weighted by Gasteiger charge is 2.24. The van der Waals surface area contributed by atoms with Crippen LogP contribution in [-0.4, -0.2) is 28.2 Å². The molecule has 1 aromatic heterocycles. The molecule has 0 spiro atoms. The molecule has 0 unspecified atom stereocenters. The number of carboxylic acids is 1. The third kappa shape index (κ3) is 3.12. The first-order valence-corrected chi connectivity index (χ1v) is 8.94. The van der Waals surface area contributed by atoms with Crippen LogP contribution in [0.2, 0.25) is 0 Å². The number of nitrogens with zero attached hydrogens (tertiary/aromatic N) is 2. The van der Waals surface area contributed by atoms with Crippen LogP contribution in [0.15, 0.2) is 36.7 Å². The zero-order valence-corrected chi connectivity index (χ0v) is 14.9. The normalized spacial score (nSPS) is 14.6. The molecule has 0 saturated heterocycles. The smallest absolute Gasteiger partial charge is 0.335 e. The summed E-state index contributed by atoms with van der Waals surface area (Å²) in [6.45, 7) is 0. The molecule has 1 fully saturated rings. The van der Waals surface area contributed by atoms with Crippen LogP contribution in [0, 0.1) is 5.82 Å². The summed E-state index contributed by atoms with van der Waals surface area (Å²) >= 11 is 0. The van der Waals surface area contributed by atoms with Gasteiger partial charge in [0, 0.05) is 17.7 Å². The minimum absolute atomic E-state index is 0.217. The molecule has 0 aliphatic heterocycles. The Hall–Kier alpha value is -3.02. The molecular weight excluding hydrogens is 347 g/mol. The van der Waals surface area contributed by atoms with Gasteiger partial charge in [0.25, 0.3) is 0 Å². The summed E-state index contributed by atoms with van der Waals surface area (Å²) in [7, 11) is 1.47. The molecule has 0 bridgehead atoms. The van der Waals surface area contributed by atoms with Gasteiger partial charge in [0.15, 0.2) is 0 Å². The van der Waals surface area contributed by atoms with Crippen molar-refractivity contribution in [3.05, 3.63) is 53.6 Å². The minimum atomic E-state index is -0.938. The molecule has 1 aliphatic rings. The second kappa shape index (κ2) is 6.95. The average molecular weight is 366 g/mol. The highest BCUT2D eigenvalue weighted by Crippen LogP contribution is 2.38. The van der Waals surface area contributed by atoms with Crippen LogP contribution in [0.3, 0.4) is 0 Å². The monoisotopic (exact) mass is 366 g/mol. The van der Waals surface area contributed by atoms with Crippen LogP contribution in [-0.2, 0) is 0 Å². The Balaban J connectivity index is 1.91. The van der Waals surface area contributed by atoms with Gasteiger partial charge in [-0.2, -0.15) is 0 Å². The predicted octanol–water partition coefficient (Wildman–Crippen LogP) is 4.80. The van der Waals surface area contributed by atoms with Gasteiger partial charge in [0.05, 0.1) is 29.3 Å². The van der Waals surface area contributed by atoms with E-state index in [0.29, 0.717) is 33.5 Å². The van der Waals surface area contributed by atoms with E-state index < -0.39 is 11.8 Å². The third-order valence-electron chi connectivity index (χ3n) is 5.25. The maximum absolute atomic E-state index is 14.7. The zero-order valence-electron chi connectivity index (χ0n) is 14.9. The number of hydrogen-bond acceptors (Lipinski definition) is 4. The number of halogens is 1. The number of aromatic carboxylic acids is 1. The van der Waals surface area contributed by atoms with E-state index in [0.717, 1.165) is 31.2 Å². The number of ether oxygens (including phenoxy) is 1. The lowest BCUT2D eigenvalue weighted by molar-refractivity contribution is 0.0695. The van der Waals surface area contributed by atoms with Crippen LogP contribution >= 0.6 is 0 Å². The molecule has 0 radical (unpaired) electrons. The molecule has 27 heavy (non-hydrogen) atoms. The lowest BCUT2D eigenvalue weighted by atomic mass is 9.90. The first-order chi connectivity index (χ1) is 13.1. The molecule has 1 N–H and O–H groups in total. The SMILES string of the molecule is COc1cc(F)c2c(-c3ccc(C(=O)O)c(C4CCCC4)c3)ncnc2c1. The fourth-order valence-electron chi connectivity index (χ4n) is 3.93. The molecule has 4 rings (SSSR count). The van der Waals surface area contributed by atoms with Crippen molar-refractivity contribution in [1.82, 2.24) is 9.97 Å². The van der Waals surface area contributed by atoms with Crippen LogP contribution in [0.25, 0.3) is 22.2 Å². The van der Waals surface area contributed by atoms with Gasteiger partial charge in [-0.1, -0.05) is 18.9 Å². The molecule has 1 aliphatic carbocycles. The number of carbonyl (C=O) groups is 1. The van der Waals surface area contributed by atoms with Crippen LogP contribution in [0.5, 0.6) is 5.75 Å². The van der Waals surface area contributed by atoms with Gasteiger partial charge in [0.1, 0.15) is 17.9 Å². The van der Waals surface area contributed by atoms with Crippen LogP contribution in [0.1, 0.15) is 47.5 Å². The number of hydrogen-bond donors (Lipinski definition) is 1. The summed E-state index contributed by atoms with van der Waals surface area (Å²) in [5, 5.41) is 9.87. The number of fused-ring (bicyclic) bond motifs is 1. The van der Waals surface area contributed by atoms with Gasteiger partial charge >= 0.3 is 5.97 Å². The maximum Gasteiger partial charge on any atom is 0.335 e. The molecule has 2 aromatic carbocycles. The first-order valence-electron chi connectivity index (χ1n) is 8.94. The summed E-state index contributed by atoms with van der Waals surface area (Å²) in [5.41, 5.74) is 2.71. The second-order valence-electron chi connectivity index (χ2n) is 6.81. The standard InChI is InChI=1S/C21H19FN2O3/c1-27-14-9-17(22)19-18(10-14)23-11-24-20(19)13-6-7-15(21(25)26)16(8-13)12-4-2-3-5-12/h6-12H,2-5H2,1H3,(H,25,26). The summed E-state index contributed by atoms with van der Waals surface area (Å²) in [5.74, 6) is -0.803. The van der Waals surface area contributed by atoms with Crippen LogP contribution in [0.4, 0.5) is 4.39 Å². The molecule has 138 valence electrons. The topological polar surface area (TPSA) is 72.3 Å². The Kier molecular flexibility index (Phi) is 4.48. The van der Waals surface area contributed by atoms with Gasteiger partial charge in [-0.25, -0.2) is 19.2 Å². The average Bonchev–Trinajstić information content (AvgIpc) is 3.21. The van der Waals surface area contributed by atoms with Gasteiger partial charge in [-0.15, -0.1) is 0 Å². The van der Waals surface area contributed by atoms with Crippen molar-refractivity contribution in [2.75, 3.05) is 7.11 Å². The Morgan fingerprint density at radius 3 is 2.67 bits per heavy atom. The summed E-state index contributed by atoms with van der Waals surface area (Å²) in [4.78, 5) is 20.1. The fourth-order valence-corrected chi connectivity index (χ4v) is 3.93. The first kappa shape index (κ1) is 17.4. The Labute approximate surface area is 155 Å².